The van der Waals surface area contributed by atoms with E-state index in [1.807, 2.05) is 0 Å². The third kappa shape index (κ3) is 2.95. The number of carbonyl (C=O) groups is 1. The Bertz CT molecular complexity index is 484. The van der Waals surface area contributed by atoms with E-state index < -0.39 is 11.7 Å². The number of hydrogen-bond acceptors (Lipinski definition) is 3. The van der Waals surface area contributed by atoms with Crippen molar-refractivity contribution in [1.29, 1.82) is 0 Å². The number of aliphatic hydroxyl groups is 1. The Morgan fingerprint density at radius 1 is 1.35 bits per heavy atom. The van der Waals surface area contributed by atoms with Crippen molar-refractivity contribution >= 4 is 12.0 Å². The Hall–Kier alpha value is -1.56. The SMILES string of the molecule is O=Cc1ccc(N(CCO)C2CCC2)cc1C(F)(F)F. The van der Waals surface area contributed by atoms with E-state index in [-0.39, 0.29) is 24.5 Å². The number of aldehydes is 1. The van der Waals surface area contributed by atoms with E-state index in [4.69, 9.17) is 5.11 Å². The van der Waals surface area contributed by atoms with Gasteiger partial charge in [-0.05, 0) is 37.5 Å². The van der Waals surface area contributed by atoms with Crippen LogP contribution >= 0.6 is 0 Å². The molecule has 2 rings (SSSR count). The van der Waals surface area contributed by atoms with Crippen molar-refractivity contribution in [3.63, 3.8) is 0 Å². The Labute approximate surface area is 115 Å². The van der Waals surface area contributed by atoms with Crippen molar-refractivity contribution in [3.05, 3.63) is 29.3 Å². The molecule has 0 saturated heterocycles. The topological polar surface area (TPSA) is 40.5 Å². The fraction of sp³-hybridized carbons (Fsp3) is 0.500. The van der Waals surface area contributed by atoms with Crippen LogP contribution in [-0.2, 0) is 6.18 Å². The minimum Gasteiger partial charge on any atom is -0.395 e. The summed E-state index contributed by atoms with van der Waals surface area (Å²) in [5.41, 5.74) is -0.882. The standard InChI is InChI=1S/C14H16F3NO2/c15-14(16,17)13-8-12(5-4-10(13)9-20)18(6-7-19)11-2-1-3-11/h4-5,8-9,11,19H,1-3,6-7H2. The van der Waals surface area contributed by atoms with Crippen molar-refractivity contribution in [2.75, 3.05) is 18.1 Å². The second-order valence-corrected chi connectivity index (χ2v) is 4.89. The van der Waals surface area contributed by atoms with Crippen LogP contribution in [-0.4, -0.2) is 30.6 Å². The maximum absolute atomic E-state index is 12.9. The second kappa shape index (κ2) is 5.83. The van der Waals surface area contributed by atoms with Crippen LogP contribution in [0.15, 0.2) is 18.2 Å². The maximum atomic E-state index is 12.9. The number of carbonyl (C=O) groups excluding carboxylic acids is 1. The van der Waals surface area contributed by atoms with Crippen LogP contribution in [0, 0.1) is 0 Å². The lowest BCUT2D eigenvalue weighted by Crippen LogP contribution is -2.42. The Morgan fingerprint density at radius 3 is 2.50 bits per heavy atom. The maximum Gasteiger partial charge on any atom is 0.417 e. The predicted octanol–water partition coefficient (Wildman–Crippen LogP) is 2.87. The summed E-state index contributed by atoms with van der Waals surface area (Å²) >= 11 is 0. The van der Waals surface area contributed by atoms with Crippen LogP contribution in [0.25, 0.3) is 0 Å². The van der Waals surface area contributed by atoms with Gasteiger partial charge in [-0.1, -0.05) is 0 Å². The number of benzene rings is 1. The van der Waals surface area contributed by atoms with E-state index in [0.29, 0.717) is 12.2 Å². The molecule has 0 atom stereocenters. The van der Waals surface area contributed by atoms with Gasteiger partial charge in [0.25, 0.3) is 0 Å². The Balaban J connectivity index is 2.37. The van der Waals surface area contributed by atoms with Gasteiger partial charge >= 0.3 is 6.18 Å². The largest absolute Gasteiger partial charge is 0.417 e. The number of nitrogens with zero attached hydrogens (tertiary/aromatic N) is 1. The third-order valence-corrected chi connectivity index (χ3v) is 3.66. The highest BCUT2D eigenvalue weighted by Gasteiger charge is 2.34. The summed E-state index contributed by atoms with van der Waals surface area (Å²) in [6.07, 6.45) is -1.47. The first-order valence-electron chi connectivity index (χ1n) is 6.51. The van der Waals surface area contributed by atoms with Gasteiger partial charge in [0, 0.05) is 23.8 Å². The predicted molar refractivity (Wildman–Crippen MR) is 68.9 cm³/mol. The second-order valence-electron chi connectivity index (χ2n) is 4.89. The molecule has 20 heavy (non-hydrogen) atoms. The lowest BCUT2D eigenvalue weighted by atomic mass is 9.90. The molecular formula is C14H16F3NO2. The molecule has 0 aromatic heterocycles. The molecule has 1 aromatic carbocycles. The summed E-state index contributed by atoms with van der Waals surface area (Å²) in [6, 6.07) is 3.86. The molecule has 0 aliphatic heterocycles. The van der Waals surface area contributed by atoms with Gasteiger partial charge in [0.1, 0.15) is 0 Å². The van der Waals surface area contributed by atoms with Gasteiger partial charge in [-0.25, -0.2) is 0 Å². The van der Waals surface area contributed by atoms with Crippen molar-refractivity contribution in [2.45, 2.75) is 31.5 Å². The molecule has 6 heteroatoms. The number of aliphatic hydroxyl groups excluding tert-OH is 1. The number of alkyl halides is 3. The van der Waals surface area contributed by atoms with Crippen molar-refractivity contribution in [3.8, 4) is 0 Å². The molecule has 1 N–H and O–H groups in total. The van der Waals surface area contributed by atoms with Crippen LogP contribution in [0.5, 0.6) is 0 Å². The van der Waals surface area contributed by atoms with Crippen LogP contribution < -0.4 is 4.90 Å². The van der Waals surface area contributed by atoms with Crippen LogP contribution in [0.4, 0.5) is 18.9 Å². The van der Waals surface area contributed by atoms with Gasteiger partial charge in [-0.15, -0.1) is 0 Å². The van der Waals surface area contributed by atoms with Crippen LogP contribution in [0.2, 0.25) is 0 Å². The normalized spacial score (nSPS) is 15.8. The summed E-state index contributed by atoms with van der Waals surface area (Å²) in [5, 5.41) is 9.08. The highest BCUT2D eigenvalue weighted by molar-refractivity contribution is 5.79. The Morgan fingerprint density at radius 2 is 2.05 bits per heavy atom. The molecule has 1 saturated carbocycles. The molecule has 0 unspecified atom stereocenters. The third-order valence-electron chi connectivity index (χ3n) is 3.66. The van der Waals surface area contributed by atoms with Crippen molar-refractivity contribution < 1.29 is 23.1 Å². The number of rotatable bonds is 5. The molecular weight excluding hydrogens is 271 g/mol. The highest BCUT2D eigenvalue weighted by Crippen LogP contribution is 2.36. The van der Waals surface area contributed by atoms with Gasteiger partial charge < -0.3 is 10.0 Å². The summed E-state index contributed by atoms with van der Waals surface area (Å²) in [7, 11) is 0. The molecule has 1 aliphatic rings. The lowest BCUT2D eigenvalue weighted by molar-refractivity contribution is -0.137. The molecule has 3 nitrogen and oxygen atoms in total. The quantitative estimate of drug-likeness (QED) is 0.847. The fourth-order valence-corrected chi connectivity index (χ4v) is 2.40. The molecule has 1 aliphatic carbocycles. The van der Waals surface area contributed by atoms with Crippen molar-refractivity contribution in [1.82, 2.24) is 0 Å². The first kappa shape index (κ1) is 14.8. The van der Waals surface area contributed by atoms with E-state index >= 15 is 0 Å². The first-order chi connectivity index (χ1) is 9.47. The zero-order chi connectivity index (χ0) is 14.8. The number of halogens is 3. The summed E-state index contributed by atoms with van der Waals surface area (Å²) in [6.45, 7) is 0.176. The van der Waals surface area contributed by atoms with E-state index in [2.05, 4.69) is 0 Å². The lowest BCUT2D eigenvalue weighted by Gasteiger charge is -2.39. The van der Waals surface area contributed by atoms with E-state index in [0.717, 1.165) is 25.3 Å². The summed E-state index contributed by atoms with van der Waals surface area (Å²) < 4.78 is 38.8. The molecule has 1 aromatic rings. The highest BCUT2D eigenvalue weighted by atomic mass is 19.4. The molecule has 1 fully saturated rings. The first-order valence-corrected chi connectivity index (χ1v) is 6.51. The van der Waals surface area contributed by atoms with Gasteiger partial charge in [0.2, 0.25) is 0 Å². The smallest absolute Gasteiger partial charge is 0.395 e. The van der Waals surface area contributed by atoms with Crippen molar-refractivity contribution in [2.24, 2.45) is 0 Å². The van der Waals surface area contributed by atoms with E-state index in [1.54, 1.807) is 4.90 Å². The molecule has 0 radical (unpaired) electrons. The average molecular weight is 287 g/mol. The molecule has 0 amide bonds. The molecule has 0 heterocycles. The average Bonchev–Trinajstić information content (AvgIpc) is 2.34. The van der Waals surface area contributed by atoms with Crippen LogP contribution in [0.1, 0.15) is 35.2 Å². The van der Waals surface area contributed by atoms with Gasteiger partial charge in [-0.3, -0.25) is 4.79 Å². The number of hydrogen-bond donors (Lipinski definition) is 1. The van der Waals surface area contributed by atoms with Gasteiger partial charge in [0.15, 0.2) is 6.29 Å². The van der Waals surface area contributed by atoms with Gasteiger partial charge in [-0.2, -0.15) is 13.2 Å². The van der Waals surface area contributed by atoms with E-state index in [1.165, 1.54) is 12.1 Å². The molecule has 0 bridgehead atoms. The zero-order valence-electron chi connectivity index (χ0n) is 10.9. The monoisotopic (exact) mass is 287 g/mol. The minimum atomic E-state index is -4.56. The number of anilines is 1. The Kier molecular flexibility index (Phi) is 4.32. The van der Waals surface area contributed by atoms with Crippen LogP contribution in [0.3, 0.4) is 0 Å². The molecule has 110 valence electrons. The van der Waals surface area contributed by atoms with E-state index in [9.17, 15) is 18.0 Å². The summed E-state index contributed by atoms with van der Waals surface area (Å²) in [5.74, 6) is 0. The minimum absolute atomic E-state index is 0.118. The summed E-state index contributed by atoms with van der Waals surface area (Å²) in [4.78, 5) is 12.5. The van der Waals surface area contributed by atoms with Gasteiger partial charge in [0.05, 0.1) is 12.2 Å². The fourth-order valence-electron chi connectivity index (χ4n) is 2.40. The zero-order valence-corrected chi connectivity index (χ0v) is 10.9. The molecule has 0 spiro atoms.